The molecule has 2 atom stereocenters. The van der Waals surface area contributed by atoms with Crippen LogP contribution in [0.3, 0.4) is 0 Å². The molecule has 1 heterocycles. The summed E-state index contributed by atoms with van der Waals surface area (Å²) in [6, 6.07) is 0.0891. The van der Waals surface area contributed by atoms with Crippen LogP contribution in [0.5, 0.6) is 0 Å². The van der Waals surface area contributed by atoms with Crippen LogP contribution in [-0.4, -0.2) is 35.7 Å². The minimum Gasteiger partial charge on any atom is -0.444 e. The predicted octanol–water partition coefficient (Wildman–Crippen LogP) is 1.98. The third-order valence-electron chi connectivity index (χ3n) is 2.98. The Morgan fingerprint density at radius 3 is 2.56 bits per heavy atom. The summed E-state index contributed by atoms with van der Waals surface area (Å²) in [6.07, 6.45) is 1.83. The van der Waals surface area contributed by atoms with Gasteiger partial charge in [-0.1, -0.05) is 13.3 Å². The molecule has 0 unspecified atom stereocenters. The van der Waals surface area contributed by atoms with Crippen LogP contribution >= 0.6 is 0 Å². The molecule has 1 amide bonds. The molecule has 1 rings (SSSR count). The Labute approximate surface area is 98.1 Å². The first-order valence-corrected chi connectivity index (χ1v) is 6.07. The zero-order valence-electron chi connectivity index (χ0n) is 10.8. The second kappa shape index (κ2) is 5.04. The van der Waals surface area contributed by atoms with E-state index in [-0.39, 0.29) is 12.1 Å². The molecular weight excluding hydrogens is 204 g/mol. The maximum absolute atomic E-state index is 11.8. The Hall–Kier alpha value is -0.770. The topological polar surface area (TPSA) is 55.6 Å². The smallest absolute Gasteiger partial charge is 0.410 e. The zero-order chi connectivity index (χ0) is 12.3. The average Bonchev–Trinajstić information content (AvgIpc) is 2.15. The first-order chi connectivity index (χ1) is 7.33. The summed E-state index contributed by atoms with van der Waals surface area (Å²) in [7, 11) is 0. The van der Waals surface area contributed by atoms with Gasteiger partial charge in [0.15, 0.2) is 0 Å². The number of nitrogens with two attached hydrogens (primary N) is 1. The highest BCUT2D eigenvalue weighted by atomic mass is 16.6. The van der Waals surface area contributed by atoms with Gasteiger partial charge in [0, 0.05) is 19.1 Å². The maximum atomic E-state index is 11.8. The number of hydrogen-bond donors (Lipinski definition) is 1. The van der Waals surface area contributed by atoms with Gasteiger partial charge in [-0.3, -0.25) is 0 Å². The van der Waals surface area contributed by atoms with Crippen LogP contribution < -0.4 is 5.73 Å². The molecule has 1 saturated heterocycles. The van der Waals surface area contributed by atoms with Gasteiger partial charge in [-0.25, -0.2) is 4.79 Å². The molecule has 1 fully saturated rings. The van der Waals surface area contributed by atoms with Crippen molar-refractivity contribution in [2.75, 3.05) is 13.1 Å². The quantitative estimate of drug-likeness (QED) is 0.746. The highest BCUT2D eigenvalue weighted by molar-refractivity contribution is 5.68. The van der Waals surface area contributed by atoms with Gasteiger partial charge in [0.2, 0.25) is 0 Å². The summed E-state index contributed by atoms with van der Waals surface area (Å²) >= 11 is 0. The number of carbonyl (C=O) groups excluding carboxylic acids is 1. The maximum Gasteiger partial charge on any atom is 0.410 e. The van der Waals surface area contributed by atoms with Gasteiger partial charge in [-0.2, -0.15) is 0 Å². The Morgan fingerprint density at radius 1 is 1.50 bits per heavy atom. The van der Waals surface area contributed by atoms with Crippen LogP contribution in [0.25, 0.3) is 0 Å². The van der Waals surface area contributed by atoms with E-state index in [1.807, 2.05) is 20.8 Å². The van der Waals surface area contributed by atoms with E-state index in [4.69, 9.17) is 10.5 Å². The summed E-state index contributed by atoms with van der Waals surface area (Å²) in [6.45, 7) is 9.17. The number of rotatable bonds is 1. The number of likely N-dealkylation sites (tertiary alicyclic amines) is 1. The lowest BCUT2D eigenvalue weighted by atomic mass is 9.90. The van der Waals surface area contributed by atoms with Crippen molar-refractivity contribution in [2.24, 2.45) is 11.7 Å². The molecule has 4 nitrogen and oxygen atoms in total. The van der Waals surface area contributed by atoms with Crippen LogP contribution in [0.1, 0.15) is 40.5 Å². The van der Waals surface area contributed by atoms with Crippen molar-refractivity contribution in [2.45, 2.75) is 52.2 Å². The number of nitrogens with zero attached hydrogens (tertiary/aromatic N) is 1. The minimum atomic E-state index is -0.428. The van der Waals surface area contributed by atoms with E-state index in [0.717, 1.165) is 19.4 Å². The lowest BCUT2D eigenvalue weighted by Gasteiger charge is -2.37. The van der Waals surface area contributed by atoms with Gasteiger partial charge >= 0.3 is 6.09 Å². The normalized spacial score (nSPS) is 26.7. The fourth-order valence-corrected chi connectivity index (χ4v) is 2.03. The molecule has 0 bridgehead atoms. The van der Waals surface area contributed by atoms with Crippen molar-refractivity contribution in [3.63, 3.8) is 0 Å². The van der Waals surface area contributed by atoms with Crippen molar-refractivity contribution in [1.29, 1.82) is 0 Å². The van der Waals surface area contributed by atoms with E-state index in [9.17, 15) is 4.79 Å². The lowest BCUT2D eigenvalue weighted by molar-refractivity contribution is 0.0158. The number of carbonyl (C=O) groups is 1. The summed E-state index contributed by atoms with van der Waals surface area (Å²) in [5, 5.41) is 0. The summed E-state index contributed by atoms with van der Waals surface area (Å²) < 4.78 is 5.33. The molecule has 0 aliphatic carbocycles. The molecule has 0 aromatic heterocycles. The first-order valence-electron chi connectivity index (χ1n) is 6.07. The molecule has 4 heteroatoms. The molecule has 0 aromatic rings. The van der Waals surface area contributed by atoms with Crippen molar-refractivity contribution in [3.05, 3.63) is 0 Å². The molecule has 94 valence electrons. The molecule has 2 N–H and O–H groups in total. The van der Waals surface area contributed by atoms with Crippen LogP contribution in [0.2, 0.25) is 0 Å². The van der Waals surface area contributed by atoms with E-state index in [2.05, 4.69) is 6.92 Å². The standard InChI is InChI=1S/C12H24N2O2/c1-5-9-6-7-14(8-10(9)13)11(15)16-12(2,3)4/h9-10H,5-8,13H2,1-4H3/t9-,10+/m0/s1. The third kappa shape index (κ3) is 3.67. The monoisotopic (exact) mass is 228 g/mol. The fraction of sp³-hybridized carbons (Fsp3) is 0.917. The van der Waals surface area contributed by atoms with Gasteiger partial charge in [-0.05, 0) is 33.1 Å². The summed E-state index contributed by atoms with van der Waals surface area (Å²) in [5.74, 6) is 0.540. The first kappa shape index (κ1) is 13.3. The number of ether oxygens (including phenoxy) is 1. The van der Waals surface area contributed by atoms with Gasteiger partial charge in [-0.15, -0.1) is 0 Å². The fourth-order valence-electron chi connectivity index (χ4n) is 2.03. The van der Waals surface area contributed by atoms with E-state index in [1.54, 1.807) is 4.90 Å². The minimum absolute atomic E-state index is 0.0891. The summed E-state index contributed by atoms with van der Waals surface area (Å²) in [5.41, 5.74) is 5.60. The van der Waals surface area contributed by atoms with Gasteiger partial charge in [0.25, 0.3) is 0 Å². The van der Waals surface area contributed by atoms with Crippen molar-refractivity contribution in [3.8, 4) is 0 Å². The molecule has 0 saturated carbocycles. The molecule has 16 heavy (non-hydrogen) atoms. The second-order valence-electron chi connectivity index (χ2n) is 5.55. The van der Waals surface area contributed by atoms with Crippen molar-refractivity contribution >= 4 is 6.09 Å². The Balaban J connectivity index is 2.48. The zero-order valence-corrected chi connectivity index (χ0v) is 10.8. The Morgan fingerprint density at radius 2 is 2.12 bits per heavy atom. The van der Waals surface area contributed by atoms with E-state index in [1.165, 1.54) is 0 Å². The molecule has 0 radical (unpaired) electrons. The van der Waals surface area contributed by atoms with Gasteiger partial charge in [0.05, 0.1) is 0 Å². The second-order valence-corrected chi connectivity index (χ2v) is 5.55. The Kier molecular flexibility index (Phi) is 4.19. The number of amides is 1. The third-order valence-corrected chi connectivity index (χ3v) is 2.98. The average molecular weight is 228 g/mol. The predicted molar refractivity (Wildman–Crippen MR) is 64.2 cm³/mol. The largest absolute Gasteiger partial charge is 0.444 e. The van der Waals surface area contributed by atoms with Crippen LogP contribution in [-0.2, 0) is 4.74 Å². The highest BCUT2D eigenvalue weighted by Crippen LogP contribution is 2.21. The molecule has 0 aromatic carbocycles. The van der Waals surface area contributed by atoms with E-state index in [0.29, 0.717) is 12.5 Å². The van der Waals surface area contributed by atoms with E-state index >= 15 is 0 Å². The molecule has 1 aliphatic rings. The van der Waals surface area contributed by atoms with E-state index < -0.39 is 5.60 Å². The summed E-state index contributed by atoms with van der Waals surface area (Å²) in [4.78, 5) is 13.5. The SMILES string of the molecule is CC[C@H]1CCN(C(=O)OC(C)(C)C)C[C@H]1N. The Bertz CT molecular complexity index is 248. The molecule has 0 spiro atoms. The number of piperidine rings is 1. The van der Waals surface area contributed by atoms with Gasteiger partial charge in [0.1, 0.15) is 5.60 Å². The van der Waals surface area contributed by atoms with Crippen LogP contribution in [0.4, 0.5) is 4.79 Å². The van der Waals surface area contributed by atoms with Crippen LogP contribution in [0.15, 0.2) is 0 Å². The van der Waals surface area contributed by atoms with Crippen molar-refractivity contribution in [1.82, 2.24) is 4.90 Å². The van der Waals surface area contributed by atoms with Gasteiger partial charge < -0.3 is 15.4 Å². The molecule has 1 aliphatic heterocycles. The number of hydrogen-bond acceptors (Lipinski definition) is 3. The molecular formula is C12H24N2O2. The van der Waals surface area contributed by atoms with Crippen molar-refractivity contribution < 1.29 is 9.53 Å². The lowest BCUT2D eigenvalue weighted by Crippen LogP contribution is -2.51. The highest BCUT2D eigenvalue weighted by Gasteiger charge is 2.30. The van der Waals surface area contributed by atoms with Crippen LogP contribution in [0, 0.1) is 5.92 Å².